The molecule has 0 atom stereocenters. The average Bonchev–Trinajstić information content (AvgIpc) is 2.83. The van der Waals surface area contributed by atoms with Crippen LogP contribution in [0.5, 0.6) is 0 Å². The number of hydrogen-bond acceptors (Lipinski definition) is 4. The smallest absolute Gasteiger partial charge is 0.207 e. The van der Waals surface area contributed by atoms with E-state index in [2.05, 4.69) is 64.7 Å². The third-order valence-electron chi connectivity index (χ3n) is 6.70. The largest absolute Gasteiger partial charge is 0.371 e. The van der Waals surface area contributed by atoms with E-state index in [9.17, 15) is 4.79 Å². The molecule has 0 aromatic heterocycles. The summed E-state index contributed by atoms with van der Waals surface area (Å²) < 4.78 is 0. The second-order valence-electron chi connectivity index (χ2n) is 9.27. The number of hydrogen-bond donors (Lipinski definition) is 3. The normalized spacial score (nSPS) is 15.1. The summed E-state index contributed by atoms with van der Waals surface area (Å²) in [5.41, 5.74) is 10.6. The maximum Gasteiger partial charge on any atom is 0.207 e. The second kappa shape index (κ2) is 16.1. The fourth-order valence-corrected chi connectivity index (χ4v) is 4.11. The molecule has 0 aliphatic heterocycles. The zero-order valence-corrected chi connectivity index (χ0v) is 21.5. The number of aliphatic imine (C=N–C) groups is 1. The van der Waals surface area contributed by atoms with Crippen molar-refractivity contribution >= 4 is 12.2 Å². The fraction of sp³-hybridized carbons (Fsp3) is 0.571. The Labute approximate surface area is 206 Å². The molecular formula is C28H45N5O. The van der Waals surface area contributed by atoms with Crippen LogP contribution in [0, 0.1) is 5.92 Å². The highest BCUT2D eigenvalue weighted by Crippen LogP contribution is 2.30. The summed E-state index contributed by atoms with van der Waals surface area (Å²) in [5, 5.41) is 6.13. The average molecular weight is 468 g/mol. The van der Waals surface area contributed by atoms with Crippen LogP contribution in [0.3, 0.4) is 0 Å². The van der Waals surface area contributed by atoms with Crippen molar-refractivity contribution in [1.82, 2.24) is 15.5 Å². The molecule has 6 heteroatoms. The van der Waals surface area contributed by atoms with Gasteiger partial charge < -0.3 is 21.3 Å². The van der Waals surface area contributed by atoms with E-state index in [0.29, 0.717) is 19.6 Å². The highest BCUT2D eigenvalue weighted by molar-refractivity contribution is 5.80. The van der Waals surface area contributed by atoms with Crippen molar-refractivity contribution in [2.24, 2.45) is 16.6 Å². The SMILES string of the molecule is CC/C(C)=C(/C=C\NC(C)=NCc1ccc(CN)cc1)N(CCCNC=O)CCCC1CCC1. The van der Waals surface area contributed by atoms with Crippen LogP contribution in [-0.2, 0) is 17.9 Å². The number of allylic oxidation sites excluding steroid dienone is 2. The van der Waals surface area contributed by atoms with E-state index in [4.69, 9.17) is 5.73 Å². The number of carbonyl (C=O) groups is 1. The molecule has 6 nitrogen and oxygen atoms in total. The van der Waals surface area contributed by atoms with Gasteiger partial charge in [-0.3, -0.25) is 9.79 Å². The lowest BCUT2D eigenvalue weighted by Gasteiger charge is -2.30. The first-order valence-corrected chi connectivity index (χ1v) is 12.9. The van der Waals surface area contributed by atoms with Gasteiger partial charge >= 0.3 is 0 Å². The van der Waals surface area contributed by atoms with E-state index < -0.39 is 0 Å². The van der Waals surface area contributed by atoms with Crippen LogP contribution >= 0.6 is 0 Å². The lowest BCUT2D eigenvalue weighted by atomic mass is 9.82. The highest BCUT2D eigenvalue weighted by atomic mass is 16.1. The third-order valence-corrected chi connectivity index (χ3v) is 6.70. The molecule has 1 amide bonds. The summed E-state index contributed by atoms with van der Waals surface area (Å²) in [7, 11) is 0. The summed E-state index contributed by atoms with van der Waals surface area (Å²) in [6.07, 6.45) is 13.7. The van der Waals surface area contributed by atoms with Crippen LogP contribution in [0.25, 0.3) is 0 Å². The van der Waals surface area contributed by atoms with Crippen molar-refractivity contribution in [3.63, 3.8) is 0 Å². The van der Waals surface area contributed by atoms with Gasteiger partial charge in [-0.2, -0.15) is 0 Å². The predicted octanol–water partition coefficient (Wildman–Crippen LogP) is 4.87. The van der Waals surface area contributed by atoms with E-state index in [-0.39, 0.29) is 0 Å². The molecule has 4 N–H and O–H groups in total. The topological polar surface area (TPSA) is 82.8 Å². The number of amides is 1. The Morgan fingerprint density at radius 2 is 1.85 bits per heavy atom. The molecule has 1 saturated carbocycles. The van der Waals surface area contributed by atoms with Gasteiger partial charge in [-0.25, -0.2) is 0 Å². The van der Waals surface area contributed by atoms with Crippen molar-refractivity contribution in [3.05, 3.63) is 58.9 Å². The Morgan fingerprint density at radius 3 is 2.47 bits per heavy atom. The fourth-order valence-electron chi connectivity index (χ4n) is 4.11. The summed E-state index contributed by atoms with van der Waals surface area (Å²) in [4.78, 5) is 17.8. The summed E-state index contributed by atoms with van der Waals surface area (Å²) >= 11 is 0. The summed E-state index contributed by atoms with van der Waals surface area (Å²) in [6, 6.07) is 8.28. The van der Waals surface area contributed by atoms with Crippen molar-refractivity contribution in [2.75, 3.05) is 19.6 Å². The van der Waals surface area contributed by atoms with E-state index >= 15 is 0 Å². The second-order valence-corrected chi connectivity index (χ2v) is 9.27. The van der Waals surface area contributed by atoms with Crippen molar-refractivity contribution in [3.8, 4) is 0 Å². The molecule has 1 aromatic rings. The zero-order valence-electron chi connectivity index (χ0n) is 21.5. The van der Waals surface area contributed by atoms with Crippen LogP contribution in [0.1, 0.15) is 76.8 Å². The molecule has 2 rings (SSSR count). The van der Waals surface area contributed by atoms with Gasteiger partial charge in [0.1, 0.15) is 0 Å². The zero-order chi connectivity index (χ0) is 24.6. The minimum absolute atomic E-state index is 0.563. The number of amidine groups is 1. The van der Waals surface area contributed by atoms with Gasteiger partial charge in [0.05, 0.1) is 12.4 Å². The number of rotatable bonds is 16. The molecule has 1 fully saturated rings. The van der Waals surface area contributed by atoms with Crippen molar-refractivity contribution < 1.29 is 4.79 Å². The Morgan fingerprint density at radius 1 is 1.15 bits per heavy atom. The van der Waals surface area contributed by atoms with Gasteiger partial charge in [0.25, 0.3) is 0 Å². The van der Waals surface area contributed by atoms with Gasteiger partial charge in [0, 0.05) is 38.1 Å². The number of benzene rings is 1. The standard InChI is InChI=1S/C28H45N5O/c1-4-23(2)28(33(19-7-16-30-22-34)18-6-10-25-8-5-9-25)15-17-31-24(3)32-21-27-13-11-26(20-29)12-14-27/h11-15,17,22,25H,4-10,16,18-21,29H2,1-3H3,(H,30,34)(H,31,32)/b17-15-,28-23-. The van der Waals surface area contributed by atoms with Gasteiger partial charge in [-0.15, -0.1) is 0 Å². The Balaban J connectivity index is 1.98. The Hall–Kier alpha value is -2.60. The molecule has 0 heterocycles. The maximum atomic E-state index is 10.6. The molecule has 188 valence electrons. The van der Waals surface area contributed by atoms with Crippen LogP contribution < -0.4 is 16.4 Å². The van der Waals surface area contributed by atoms with Crippen molar-refractivity contribution in [2.45, 2.75) is 78.8 Å². The van der Waals surface area contributed by atoms with Gasteiger partial charge in [0.2, 0.25) is 6.41 Å². The minimum Gasteiger partial charge on any atom is -0.371 e. The van der Waals surface area contributed by atoms with E-state index in [1.54, 1.807) is 0 Å². The van der Waals surface area contributed by atoms with Crippen LogP contribution in [0.4, 0.5) is 0 Å². The van der Waals surface area contributed by atoms with Crippen molar-refractivity contribution in [1.29, 1.82) is 0 Å². The molecule has 1 aromatic carbocycles. The summed E-state index contributed by atoms with van der Waals surface area (Å²) in [6.45, 7) is 10.3. The quantitative estimate of drug-likeness (QED) is 0.106. The van der Waals surface area contributed by atoms with Gasteiger partial charge in [-0.1, -0.05) is 56.0 Å². The number of carbonyl (C=O) groups excluding carboxylic acids is 1. The Bertz CT molecular complexity index is 809. The molecule has 1 aliphatic rings. The summed E-state index contributed by atoms with van der Waals surface area (Å²) in [5.74, 6) is 1.82. The Kier molecular flexibility index (Phi) is 13.1. The molecule has 0 saturated heterocycles. The molecular weight excluding hydrogens is 422 g/mol. The van der Waals surface area contributed by atoms with E-state index in [0.717, 1.165) is 49.7 Å². The minimum atomic E-state index is 0.563. The lowest BCUT2D eigenvalue weighted by Crippen LogP contribution is -2.29. The van der Waals surface area contributed by atoms with Gasteiger partial charge in [0.15, 0.2) is 0 Å². The molecule has 0 unspecified atom stereocenters. The van der Waals surface area contributed by atoms with Gasteiger partial charge in [-0.05, 0) is 62.7 Å². The first kappa shape index (κ1) is 27.6. The highest BCUT2D eigenvalue weighted by Gasteiger charge is 2.17. The van der Waals surface area contributed by atoms with Crippen LogP contribution in [0.15, 0.2) is 52.8 Å². The number of nitrogens with one attached hydrogen (secondary N) is 2. The molecule has 0 spiro atoms. The van der Waals surface area contributed by atoms with E-state index in [1.165, 1.54) is 48.9 Å². The number of nitrogens with two attached hydrogens (primary N) is 1. The number of nitrogens with zero attached hydrogens (tertiary/aromatic N) is 2. The molecule has 0 radical (unpaired) electrons. The van der Waals surface area contributed by atoms with Crippen LogP contribution in [-0.4, -0.2) is 36.8 Å². The van der Waals surface area contributed by atoms with E-state index in [1.807, 2.05) is 13.1 Å². The first-order chi connectivity index (χ1) is 16.6. The molecule has 0 bridgehead atoms. The lowest BCUT2D eigenvalue weighted by molar-refractivity contribution is -0.109. The first-order valence-electron chi connectivity index (χ1n) is 12.9. The maximum absolute atomic E-state index is 10.6. The monoisotopic (exact) mass is 467 g/mol. The molecule has 34 heavy (non-hydrogen) atoms. The molecule has 1 aliphatic carbocycles. The van der Waals surface area contributed by atoms with Crippen LogP contribution in [0.2, 0.25) is 0 Å². The third kappa shape index (κ3) is 10.1. The predicted molar refractivity (Wildman–Crippen MR) is 143 cm³/mol.